The van der Waals surface area contributed by atoms with Crippen molar-refractivity contribution in [3.05, 3.63) is 35.9 Å². The quantitative estimate of drug-likeness (QED) is 0.771. The van der Waals surface area contributed by atoms with Crippen LogP contribution in [0.2, 0.25) is 0 Å². The van der Waals surface area contributed by atoms with Gasteiger partial charge in [0.25, 0.3) is 0 Å². The first-order chi connectivity index (χ1) is 7.09. The normalized spacial score (nSPS) is 15.3. The molecule has 1 rings (SSSR count). The van der Waals surface area contributed by atoms with Crippen molar-refractivity contribution in [2.75, 3.05) is 0 Å². The van der Waals surface area contributed by atoms with Crippen LogP contribution in [0.25, 0.3) is 0 Å². The van der Waals surface area contributed by atoms with Crippen LogP contribution in [0.1, 0.15) is 45.7 Å². The number of nitrogens with one attached hydrogen (secondary N) is 1. The van der Waals surface area contributed by atoms with Gasteiger partial charge >= 0.3 is 0 Å². The summed E-state index contributed by atoms with van der Waals surface area (Å²) in [4.78, 5) is 0. The molecular weight excluding hydrogens is 182 g/mol. The first-order valence-electron chi connectivity index (χ1n) is 5.90. The molecule has 15 heavy (non-hydrogen) atoms. The lowest BCUT2D eigenvalue weighted by atomic mass is 10.0. The van der Waals surface area contributed by atoms with E-state index in [1.807, 2.05) is 0 Å². The fraction of sp³-hybridized carbons (Fsp3) is 0.571. The summed E-state index contributed by atoms with van der Waals surface area (Å²) < 4.78 is 0. The molecule has 0 bridgehead atoms. The zero-order valence-corrected chi connectivity index (χ0v) is 10.3. The maximum atomic E-state index is 3.63. The molecule has 84 valence electrons. The number of benzene rings is 1. The lowest BCUT2D eigenvalue weighted by Crippen LogP contribution is -2.30. The Hall–Kier alpha value is -0.820. The predicted octanol–water partition coefficient (Wildman–Crippen LogP) is 3.77. The molecule has 0 radical (unpaired) electrons. The van der Waals surface area contributed by atoms with Gasteiger partial charge in [0.1, 0.15) is 0 Å². The topological polar surface area (TPSA) is 12.0 Å². The van der Waals surface area contributed by atoms with E-state index < -0.39 is 0 Å². The molecule has 0 amide bonds. The largest absolute Gasteiger partial charge is 0.308 e. The Morgan fingerprint density at radius 1 is 1.00 bits per heavy atom. The SMILES string of the molecule is CC(C)C[C@H](C)N[C@@H](C)c1ccccc1. The molecule has 0 unspecified atom stereocenters. The summed E-state index contributed by atoms with van der Waals surface area (Å²) in [5.74, 6) is 0.760. The molecule has 0 aliphatic carbocycles. The minimum atomic E-state index is 0.444. The second kappa shape index (κ2) is 5.92. The summed E-state index contributed by atoms with van der Waals surface area (Å²) in [6, 6.07) is 11.6. The zero-order chi connectivity index (χ0) is 11.3. The van der Waals surface area contributed by atoms with E-state index >= 15 is 0 Å². The average Bonchev–Trinajstić information content (AvgIpc) is 2.17. The van der Waals surface area contributed by atoms with Crippen LogP contribution in [0.15, 0.2) is 30.3 Å². The standard InChI is InChI=1S/C14H23N/c1-11(2)10-12(3)15-13(4)14-8-6-5-7-9-14/h5-9,11-13,15H,10H2,1-4H3/t12-,13-/m0/s1. The van der Waals surface area contributed by atoms with E-state index in [0.29, 0.717) is 12.1 Å². The van der Waals surface area contributed by atoms with Gasteiger partial charge in [0, 0.05) is 12.1 Å². The van der Waals surface area contributed by atoms with Crippen molar-refractivity contribution in [1.29, 1.82) is 0 Å². The highest BCUT2D eigenvalue weighted by Crippen LogP contribution is 2.14. The van der Waals surface area contributed by atoms with Gasteiger partial charge in [0.05, 0.1) is 0 Å². The molecule has 0 aliphatic heterocycles. The lowest BCUT2D eigenvalue weighted by molar-refractivity contribution is 0.407. The third-order valence-corrected chi connectivity index (χ3v) is 2.66. The molecule has 0 fully saturated rings. The van der Waals surface area contributed by atoms with E-state index in [2.05, 4.69) is 63.3 Å². The molecule has 1 aromatic carbocycles. The van der Waals surface area contributed by atoms with E-state index in [4.69, 9.17) is 0 Å². The molecule has 0 heterocycles. The number of hydrogen-bond acceptors (Lipinski definition) is 1. The molecule has 0 saturated heterocycles. The summed E-state index contributed by atoms with van der Waals surface area (Å²) in [5.41, 5.74) is 1.37. The van der Waals surface area contributed by atoms with Crippen LogP contribution >= 0.6 is 0 Å². The van der Waals surface area contributed by atoms with Crippen LogP contribution in [-0.4, -0.2) is 6.04 Å². The molecule has 1 nitrogen and oxygen atoms in total. The van der Waals surface area contributed by atoms with Crippen LogP contribution in [0.3, 0.4) is 0 Å². The van der Waals surface area contributed by atoms with Crippen molar-refractivity contribution >= 4 is 0 Å². The van der Waals surface area contributed by atoms with Gasteiger partial charge in [-0.1, -0.05) is 44.2 Å². The third-order valence-electron chi connectivity index (χ3n) is 2.66. The van der Waals surface area contributed by atoms with Crippen molar-refractivity contribution in [3.8, 4) is 0 Å². The van der Waals surface area contributed by atoms with Crippen LogP contribution in [0.5, 0.6) is 0 Å². The minimum Gasteiger partial charge on any atom is -0.308 e. The zero-order valence-electron chi connectivity index (χ0n) is 10.3. The van der Waals surface area contributed by atoms with Gasteiger partial charge in [-0.15, -0.1) is 0 Å². The molecule has 0 spiro atoms. The molecular formula is C14H23N. The van der Waals surface area contributed by atoms with Crippen LogP contribution in [0, 0.1) is 5.92 Å². The first kappa shape index (κ1) is 12.3. The second-order valence-corrected chi connectivity index (χ2v) is 4.83. The molecule has 0 aliphatic rings. The Balaban J connectivity index is 2.45. The van der Waals surface area contributed by atoms with Gasteiger partial charge in [0.2, 0.25) is 0 Å². The Labute approximate surface area is 93.9 Å². The highest BCUT2D eigenvalue weighted by molar-refractivity contribution is 5.18. The van der Waals surface area contributed by atoms with Gasteiger partial charge in [-0.25, -0.2) is 0 Å². The van der Waals surface area contributed by atoms with Crippen LogP contribution in [-0.2, 0) is 0 Å². The van der Waals surface area contributed by atoms with Crippen LogP contribution < -0.4 is 5.32 Å². The predicted molar refractivity (Wildman–Crippen MR) is 66.9 cm³/mol. The summed E-state index contributed by atoms with van der Waals surface area (Å²) in [7, 11) is 0. The van der Waals surface area contributed by atoms with Gasteiger partial charge in [-0.05, 0) is 31.7 Å². The maximum Gasteiger partial charge on any atom is 0.0294 e. The van der Waals surface area contributed by atoms with E-state index in [1.165, 1.54) is 12.0 Å². The average molecular weight is 205 g/mol. The van der Waals surface area contributed by atoms with Gasteiger partial charge in [-0.3, -0.25) is 0 Å². The summed E-state index contributed by atoms with van der Waals surface area (Å²) in [5, 5.41) is 3.63. The van der Waals surface area contributed by atoms with Gasteiger partial charge in [-0.2, -0.15) is 0 Å². The third kappa shape index (κ3) is 4.48. The molecule has 1 heteroatoms. The molecule has 0 aromatic heterocycles. The first-order valence-corrected chi connectivity index (χ1v) is 5.90. The molecule has 1 N–H and O–H groups in total. The van der Waals surface area contributed by atoms with Crippen LogP contribution in [0.4, 0.5) is 0 Å². The van der Waals surface area contributed by atoms with E-state index in [0.717, 1.165) is 5.92 Å². The lowest BCUT2D eigenvalue weighted by Gasteiger charge is -2.21. The van der Waals surface area contributed by atoms with Crippen molar-refractivity contribution in [1.82, 2.24) is 5.32 Å². The van der Waals surface area contributed by atoms with Crippen molar-refractivity contribution in [3.63, 3.8) is 0 Å². The monoisotopic (exact) mass is 205 g/mol. The maximum absolute atomic E-state index is 3.63. The van der Waals surface area contributed by atoms with E-state index in [-0.39, 0.29) is 0 Å². The van der Waals surface area contributed by atoms with Crippen molar-refractivity contribution in [2.45, 2.75) is 46.2 Å². The van der Waals surface area contributed by atoms with Crippen molar-refractivity contribution < 1.29 is 0 Å². The smallest absolute Gasteiger partial charge is 0.0294 e. The fourth-order valence-corrected chi connectivity index (χ4v) is 2.04. The Morgan fingerprint density at radius 3 is 2.13 bits per heavy atom. The number of rotatable bonds is 5. The second-order valence-electron chi connectivity index (χ2n) is 4.83. The summed E-state index contributed by atoms with van der Waals surface area (Å²) >= 11 is 0. The van der Waals surface area contributed by atoms with E-state index in [1.54, 1.807) is 0 Å². The van der Waals surface area contributed by atoms with Gasteiger partial charge < -0.3 is 5.32 Å². The molecule has 2 atom stereocenters. The van der Waals surface area contributed by atoms with Gasteiger partial charge in [0.15, 0.2) is 0 Å². The Morgan fingerprint density at radius 2 is 1.60 bits per heavy atom. The van der Waals surface area contributed by atoms with Crippen molar-refractivity contribution in [2.24, 2.45) is 5.92 Å². The highest BCUT2D eigenvalue weighted by Gasteiger charge is 2.09. The number of hydrogen-bond donors (Lipinski definition) is 1. The highest BCUT2D eigenvalue weighted by atomic mass is 14.9. The Bertz CT molecular complexity index is 266. The molecule has 0 saturated carbocycles. The fourth-order valence-electron chi connectivity index (χ4n) is 2.04. The Kier molecular flexibility index (Phi) is 4.83. The summed E-state index contributed by atoms with van der Waals surface area (Å²) in [6.45, 7) is 9.03. The van der Waals surface area contributed by atoms with E-state index in [9.17, 15) is 0 Å². The minimum absolute atomic E-state index is 0.444. The summed E-state index contributed by atoms with van der Waals surface area (Å²) in [6.07, 6.45) is 1.23. The molecule has 1 aromatic rings.